The fraction of sp³-hybridized carbons (Fsp3) is 0.533. The van der Waals surface area contributed by atoms with Gasteiger partial charge in [0.05, 0.1) is 16.4 Å². The fourth-order valence-electron chi connectivity index (χ4n) is 2.32. The van der Waals surface area contributed by atoms with Gasteiger partial charge in [-0.3, -0.25) is 0 Å². The lowest BCUT2D eigenvalue weighted by Crippen LogP contribution is -2.25. The van der Waals surface area contributed by atoms with Gasteiger partial charge in [0.25, 0.3) is 0 Å². The van der Waals surface area contributed by atoms with Crippen LogP contribution in [0.3, 0.4) is 0 Å². The molecule has 1 N–H and O–H groups in total. The Hall–Kier alpha value is -1.33. The Bertz CT molecular complexity index is 565. The van der Waals surface area contributed by atoms with Gasteiger partial charge in [0.2, 0.25) is 0 Å². The second-order valence-electron chi connectivity index (χ2n) is 4.94. The summed E-state index contributed by atoms with van der Waals surface area (Å²) in [6, 6.07) is 2.41. The Morgan fingerprint density at radius 2 is 2.00 bits per heavy atom. The molecule has 2 heterocycles. The summed E-state index contributed by atoms with van der Waals surface area (Å²) in [5, 5.41) is 15.3. The first kappa shape index (κ1) is 15.1. The molecule has 0 aliphatic carbocycles. The van der Waals surface area contributed by atoms with Gasteiger partial charge in [-0.05, 0) is 38.4 Å². The van der Waals surface area contributed by atoms with E-state index in [1.807, 2.05) is 13.8 Å². The van der Waals surface area contributed by atoms with Crippen LogP contribution in [0.1, 0.15) is 47.5 Å². The number of hydrogen-bond donors (Lipinski definition) is 1. The third-order valence-electron chi connectivity index (χ3n) is 3.23. The lowest BCUT2D eigenvalue weighted by Gasteiger charge is -2.19. The zero-order chi connectivity index (χ0) is 14.5. The molecule has 0 fully saturated rings. The van der Waals surface area contributed by atoms with E-state index in [1.54, 1.807) is 11.3 Å². The molecular formula is C15H22N4S. The molecule has 2 aromatic rings. The first-order valence-corrected chi connectivity index (χ1v) is 7.99. The van der Waals surface area contributed by atoms with Crippen molar-refractivity contribution >= 4 is 11.3 Å². The van der Waals surface area contributed by atoms with Crippen LogP contribution >= 0.6 is 11.3 Å². The lowest BCUT2D eigenvalue weighted by molar-refractivity contribution is 0.538. The largest absolute Gasteiger partial charge is 0.310 e. The van der Waals surface area contributed by atoms with Crippen molar-refractivity contribution in [2.45, 2.75) is 46.6 Å². The van der Waals surface area contributed by atoms with E-state index in [9.17, 15) is 0 Å². The molecule has 0 spiro atoms. The van der Waals surface area contributed by atoms with Crippen LogP contribution in [0.2, 0.25) is 0 Å². The minimum atomic E-state index is 0.259. The quantitative estimate of drug-likeness (QED) is 0.888. The van der Waals surface area contributed by atoms with Crippen LogP contribution in [-0.4, -0.2) is 21.7 Å². The topological polar surface area (TPSA) is 50.7 Å². The highest BCUT2D eigenvalue weighted by Gasteiger charge is 2.17. The van der Waals surface area contributed by atoms with Crippen molar-refractivity contribution in [2.75, 3.05) is 6.54 Å². The molecule has 1 unspecified atom stereocenters. The number of aromatic nitrogens is 3. The zero-order valence-corrected chi connectivity index (χ0v) is 13.4. The van der Waals surface area contributed by atoms with Crippen LogP contribution in [0.15, 0.2) is 11.4 Å². The van der Waals surface area contributed by atoms with Crippen molar-refractivity contribution in [2.24, 2.45) is 0 Å². The first-order valence-electron chi connectivity index (χ1n) is 7.11. The molecule has 0 saturated carbocycles. The van der Waals surface area contributed by atoms with E-state index >= 15 is 0 Å². The maximum atomic E-state index is 4.58. The maximum Gasteiger partial charge on any atom is 0.0947 e. The van der Waals surface area contributed by atoms with E-state index in [1.165, 1.54) is 10.6 Å². The van der Waals surface area contributed by atoms with Crippen LogP contribution in [-0.2, 0) is 12.8 Å². The van der Waals surface area contributed by atoms with Crippen LogP contribution in [0.4, 0.5) is 0 Å². The molecule has 5 heteroatoms. The number of likely N-dealkylation sites (N-methyl/N-ethyl adjacent to an activating group) is 1. The molecule has 0 saturated heterocycles. The van der Waals surface area contributed by atoms with Crippen molar-refractivity contribution in [1.29, 1.82) is 0 Å². The Balaban J connectivity index is 2.30. The summed E-state index contributed by atoms with van der Waals surface area (Å²) in [7, 11) is 0. The summed E-state index contributed by atoms with van der Waals surface area (Å²) in [6.07, 6.45) is 1.81. The summed E-state index contributed by atoms with van der Waals surface area (Å²) in [4.78, 5) is 4.58. The fourth-order valence-corrected chi connectivity index (χ4v) is 3.14. The van der Waals surface area contributed by atoms with Crippen LogP contribution < -0.4 is 5.32 Å². The number of nitrogens with zero attached hydrogens (tertiary/aromatic N) is 3. The second-order valence-corrected chi connectivity index (χ2v) is 5.88. The number of aryl methyl sites for hydroxylation is 3. The predicted molar refractivity (Wildman–Crippen MR) is 83.1 cm³/mol. The van der Waals surface area contributed by atoms with Gasteiger partial charge in [0.15, 0.2) is 0 Å². The highest BCUT2D eigenvalue weighted by atomic mass is 32.1. The molecule has 2 rings (SSSR count). The highest BCUT2D eigenvalue weighted by molar-refractivity contribution is 7.09. The number of hydrogen-bond acceptors (Lipinski definition) is 5. The molecule has 0 aliphatic rings. The smallest absolute Gasteiger partial charge is 0.0947 e. The van der Waals surface area contributed by atoms with Gasteiger partial charge >= 0.3 is 0 Å². The van der Waals surface area contributed by atoms with Crippen molar-refractivity contribution in [3.63, 3.8) is 0 Å². The number of thiazole rings is 1. The molecule has 1 atom stereocenters. The second kappa shape index (κ2) is 6.90. The van der Waals surface area contributed by atoms with Gasteiger partial charge in [-0.2, -0.15) is 10.2 Å². The summed E-state index contributed by atoms with van der Waals surface area (Å²) in [5.74, 6) is 0. The predicted octanol–water partition coefficient (Wildman–Crippen LogP) is 3.01. The van der Waals surface area contributed by atoms with Crippen molar-refractivity contribution in [1.82, 2.24) is 20.5 Å². The van der Waals surface area contributed by atoms with Gasteiger partial charge in [0.1, 0.15) is 0 Å². The molecule has 0 aromatic carbocycles. The normalized spacial score (nSPS) is 12.6. The summed E-state index contributed by atoms with van der Waals surface area (Å²) in [6.45, 7) is 9.22. The van der Waals surface area contributed by atoms with Gasteiger partial charge in [-0.15, -0.1) is 11.3 Å². The van der Waals surface area contributed by atoms with Gasteiger partial charge in [0, 0.05) is 23.5 Å². The van der Waals surface area contributed by atoms with Gasteiger partial charge < -0.3 is 5.32 Å². The summed E-state index contributed by atoms with van der Waals surface area (Å²) in [5.41, 5.74) is 4.40. The molecular weight excluding hydrogens is 268 g/mol. The van der Waals surface area contributed by atoms with E-state index in [4.69, 9.17) is 0 Å². The Morgan fingerprint density at radius 3 is 2.60 bits per heavy atom. The van der Waals surface area contributed by atoms with E-state index in [-0.39, 0.29) is 6.04 Å². The monoisotopic (exact) mass is 290 g/mol. The zero-order valence-electron chi connectivity index (χ0n) is 12.6. The molecule has 20 heavy (non-hydrogen) atoms. The molecule has 4 nitrogen and oxygen atoms in total. The Labute approximate surface area is 124 Å². The standard InChI is InChI=1S/C15H22N4S/c1-5-13-12(7-10(3)18-19-13)14(16-6-2)8-15-17-11(4)9-20-15/h7,9,14,16H,5-6,8H2,1-4H3. The third kappa shape index (κ3) is 3.61. The summed E-state index contributed by atoms with van der Waals surface area (Å²) < 4.78 is 0. The van der Waals surface area contributed by atoms with Crippen LogP contribution in [0.25, 0.3) is 0 Å². The Morgan fingerprint density at radius 1 is 1.20 bits per heavy atom. The molecule has 2 aromatic heterocycles. The SMILES string of the molecule is CCNC(Cc1nc(C)cs1)c1cc(C)nnc1CC. The highest BCUT2D eigenvalue weighted by Crippen LogP contribution is 2.23. The average molecular weight is 290 g/mol. The third-order valence-corrected chi connectivity index (χ3v) is 4.22. The van der Waals surface area contributed by atoms with Crippen LogP contribution in [0, 0.1) is 13.8 Å². The van der Waals surface area contributed by atoms with E-state index < -0.39 is 0 Å². The Kier molecular flexibility index (Phi) is 5.20. The van der Waals surface area contributed by atoms with E-state index in [2.05, 4.69) is 45.8 Å². The molecule has 0 aliphatic heterocycles. The van der Waals surface area contributed by atoms with E-state index in [0.29, 0.717) is 0 Å². The first-order chi connectivity index (χ1) is 9.63. The van der Waals surface area contributed by atoms with Gasteiger partial charge in [-0.25, -0.2) is 4.98 Å². The number of nitrogens with one attached hydrogen (secondary N) is 1. The molecule has 0 amide bonds. The van der Waals surface area contributed by atoms with Gasteiger partial charge in [-0.1, -0.05) is 13.8 Å². The average Bonchev–Trinajstić information content (AvgIpc) is 2.84. The van der Waals surface area contributed by atoms with Crippen molar-refractivity contribution in [3.05, 3.63) is 39.1 Å². The minimum Gasteiger partial charge on any atom is -0.310 e. The minimum absolute atomic E-state index is 0.259. The van der Waals surface area contributed by atoms with Crippen molar-refractivity contribution in [3.8, 4) is 0 Å². The van der Waals surface area contributed by atoms with E-state index in [0.717, 1.165) is 36.5 Å². The van der Waals surface area contributed by atoms with Crippen molar-refractivity contribution < 1.29 is 0 Å². The molecule has 108 valence electrons. The molecule has 0 radical (unpaired) electrons. The number of rotatable bonds is 6. The lowest BCUT2D eigenvalue weighted by atomic mass is 10.0. The van der Waals surface area contributed by atoms with Crippen LogP contribution in [0.5, 0.6) is 0 Å². The molecule has 0 bridgehead atoms. The summed E-state index contributed by atoms with van der Waals surface area (Å²) >= 11 is 1.73. The maximum absolute atomic E-state index is 4.58.